The second-order valence-electron chi connectivity index (χ2n) is 5.36. The number of aromatic nitrogens is 3. The van der Waals surface area contributed by atoms with E-state index in [0.717, 1.165) is 49.8 Å². The minimum Gasteiger partial charge on any atom is -0.355 e. The minimum absolute atomic E-state index is 0.507. The predicted octanol–water partition coefficient (Wildman–Crippen LogP) is 1.77. The number of rotatable bonds is 2. The SMILES string of the molecule is Cc1ccc(N2CCCN(c3cccnn3)CC2)nc1C#N. The summed E-state index contributed by atoms with van der Waals surface area (Å²) in [4.78, 5) is 8.95. The van der Waals surface area contributed by atoms with Crippen molar-refractivity contribution in [3.05, 3.63) is 41.7 Å². The number of hydrogen-bond donors (Lipinski definition) is 0. The normalized spacial score (nSPS) is 15.3. The van der Waals surface area contributed by atoms with Crippen LogP contribution >= 0.6 is 0 Å². The van der Waals surface area contributed by atoms with Crippen molar-refractivity contribution < 1.29 is 0 Å². The van der Waals surface area contributed by atoms with Gasteiger partial charge in [0, 0.05) is 32.4 Å². The summed E-state index contributed by atoms with van der Waals surface area (Å²) in [6.07, 6.45) is 2.71. The highest BCUT2D eigenvalue weighted by molar-refractivity contribution is 5.46. The van der Waals surface area contributed by atoms with Gasteiger partial charge in [-0.25, -0.2) is 4.98 Å². The van der Waals surface area contributed by atoms with Crippen molar-refractivity contribution in [3.8, 4) is 6.07 Å². The summed E-state index contributed by atoms with van der Waals surface area (Å²) in [7, 11) is 0. The van der Waals surface area contributed by atoms with Crippen LogP contribution in [0, 0.1) is 18.3 Å². The van der Waals surface area contributed by atoms with Crippen molar-refractivity contribution in [1.29, 1.82) is 5.26 Å². The van der Waals surface area contributed by atoms with Crippen LogP contribution in [0.1, 0.15) is 17.7 Å². The lowest BCUT2D eigenvalue weighted by Crippen LogP contribution is -2.31. The van der Waals surface area contributed by atoms with E-state index in [1.165, 1.54) is 0 Å². The number of anilines is 2. The molecule has 2 aromatic heterocycles. The maximum atomic E-state index is 9.13. The number of nitrogens with zero attached hydrogens (tertiary/aromatic N) is 6. The van der Waals surface area contributed by atoms with Crippen LogP contribution in [0.2, 0.25) is 0 Å². The summed E-state index contributed by atoms with van der Waals surface area (Å²) in [5, 5.41) is 17.3. The van der Waals surface area contributed by atoms with Gasteiger partial charge in [-0.3, -0.25) is 0 Å². The fraction of sp³-hybridized carbons (Fsp3) is 0.375. The van der Waals surface area contributed by atoms with Gasteiger partial charge in [-0.05, 0) is 37.1 Å². The topological polar surface area (TPSA) is 68.9 Å². The van der Waals surface area contributed by atoms with Gasteiger partial charge < -0.3 is 9.80 Å². The van der Waals surface area contributed by atoms with Gasteiger partial charge in [0.15, 0.2) is 5.82 Å². The van der Waals surface area contributed by atoms with E-state index in [-0.39, 0.29) is 0 Å². The molecule has 0 spiro atoms. The van der Waals surface area contributed by atoms with Crippen molar-refractivity contribution in [1.82, 2.24) is 15.2 Å². The van der Waals surface area contributed by atoms with E-state index in [4.69, 9.17) is 5.26 Å². The molecule has 1 aliphatic heterocycles. The number of hydrogen-bond acceptors (Lipinski definition) is 6. The smallest absolute Gasteiger partial charge is 0.151 e. The largest absolute Gasteiger partial charge is 0.355 e. The lowest BCUT2D eigenvalue weighted by molar-refractivity contribution is 0.785. The van der Waals surface area contributed by atoms with Gasteiger partial charge in [-0.15, -0.1) is 5.10 Å². The van der Waals surface area contributed by atoms with Crippen LogP contribution in [0.25, 0.3) is 0 Å². The van der Waals surface area contributed by atoms with Gasteiger partial charge in [0.1, 0.15) is 17.6 Å². The molecule has 6 nitrogen and oxygen atoms in total. The molecule has 6 heteroatoms. The molecule has 112 valence electrons. The summed E-state index contributed by atoms with van der Waals surface area (Å²) in [5.41, 5.74) is 1.43. The zero-order valence-corrected chi connectivity index (χ0v) is 12.6. The molecular formula is C16H18N6. The second kappa shape index (κ2) is 6.39. The van der Waals surface area contributed by atoms with E-state index >= 15 is 0 Å². The third kappa shape index (κ3) is 2.98. The third-order valence-corrected chi connectivity index (χ3v) is 3.89. The van der Waals surface area contributed by atoms with Gasteiger partial charge in [0.25, 0.3) is 0 Å². The summed E-state index contributed by atoms with van der Waals surface area (Å²) < 4.78 is 0. The first-order chi connectivity index (χ1) is 10.8. The molecule has 0 amide bonds. The molecule has 0 unspecified atom stereocenters. The Kier molecular flexibility index (Phi) is 4.15. The van der Waals surface area contributed by atoms with Crippen LogP contribution in [0.4, 0.5) is 11.6 Å². The van der Waals surface area contributed by atoms with E-state index < -0.39 is 0 Å². The van der Waals surface area contributed by atoms with Crippen LogP contribution in [-0.2, 0) is 0 Å². The Morgan fingerprint density at radius 3 is 2.50 bits per heavy atom. The molecule has 0 aromatic carbocycles. The molecule has 2 aromatic rings. The minimum atomic E-state index is 0.507. The summed E-state index contributed by atoms with van der Waals surface area (Å²) in [6.45, 7) is 5.52. The molecule has 1 aliphatic rings. The second-order valence-corrected chi connectivity index (χ2v) is 5.36. The molecule has 3 heterocycles. The molecule has 1 saturated heterocycles. The average Bonchev–Trinajstić information content (AvgIpc) is 2.82. The van der Waals surface area contributed by atoms with E-state index in [0.29, 0.717) is 5.69 Å². The van der Waals surface area contributed by atoms with E-state index in [1.807, 2.05) is 31.2 Å². The molecule has 3 rings (SSSR count). The molecule has 0 N–H and O–H groups in total. The zero-order chi connectivity index (χ0) is 15.4. The maximum absolute atomic E-state index is 9.13. The first-order valence-electron chi connectivity index (χ1n) is 7.43. The highest BCUT2D eigenvalue weighted by Crippen LogP contribution is 2.18. The molecular weight excluding hydrogens is 276 g/mol. The lowest BCUT2D eigenvalue weighted by atomic mass is 10.2. The molecule has 0 radical (unpaired) electrons. The van der Waals surface area contributed by atoms with E-state index in [1.54, 1.807) is 6.20 Å². The highest BCUT2D eigenvalue weighted by Gasteiger charge is 2.17. The molecule has 0 bridgehead atoms. The molecule has 0 aliphatic carbocycles. The monoisotopic (exact) mass is 294 g/mol. The molecule has 22 heavy (non-hydrogen) atoms. The fourth-order valence-electron chi connectivity index (χ4n) is 2.65. The Labute approximate surface area is 130 Å². The summed E-state index contributed by atoms with van der Waals surface area (Å²) >= 11 is 0. The Hall–Kier alpha value is -2.68. The fourth-order valence-corrected chi connectivity index (χ4v) is 2.65. The third-order valence-electron chi connectivity index (χ3n) is 3.89. The number of pyridine rings is 1. The van der Waals surface area contributed by atoms with Crippen molar-refractivity contribution >= 4 is 11.6 Å². The van der Waals surface area contributed by atoms with Gasteiger partial charge in [0.05, 0.1) is 0 Å². The number of aryl methyl sites for hydroxylation is 1. The summed E-state index contributed by atoms with van der Waals surface area (Å²) in [5.74, 6) is 1.79. The van der Waals surface area contributed by atoms with E-state index in [9.17, 15) is 0 Å². The van der Waals surface area contributed by atoms with E-state index in [2.05, 4.69) is 31.1 Å². The van der Waals surface area contributed by atoms with Crippen LogP contribution in [0.3, 0.4) is 0 Å². The van der Waals surface area contributed by atoms with Gasteiger partial charge in [0.2, 0.25) is 0 Å². The summed E-state index contributed by atoms with van der Waals surface area (Å²) in [6, 6.07) is 10.0. The Morgan fingerprint density at radius 1 is 1.05 bits per heavy atom. The maximum Gasteiger partial charge on any atom is 0.151 e. The average molecular weight is 294 g/mol. The highest BCUT2D eigenvalue weighted by atomic mass is 15.3. The zero-order valence-electron chi connectivity index (χ0n) is 12.6. The first-order valence-corrected chi connectivity index (χ1v) is 7.43. The van der Waals surface area contributed by atoms with Crippen molar-refractivity contribution in [2.45, 2.75) is 13.3 Å². The van der Waals surface area contributed by atoms with Crippen LogP contribution < -0.4 is 9.80 Å². The van der Waals surface area contributed by atoms with Crippen LogP contribution in [0.5, 0.6) is 0 Å². The lowest BCUT2D eigenvalue weighted by Gasteiger charge is -2.23. The Bertz CT molecular complexity index is 679. The van der Waals surface area contributed by atoms with Gasteiger partial charge >= 0.3 is 0 Å². The number of nitriles is 1. The quantitative estimate of drug-likeness (QED) is 0.841. The van der Waals surface area contributed by atoms with Gasteiger partial charge in [-0.2, -0.15) is 10.4 Å². The van der Waals surface area contributed by atoms with Gasteiger partial charge in [-0.1, -0.05) is 6.07 Å². The molecule has 0 saturated carbocycles. The molecule has 1 fully saturated rings. The van der Waals surface area contributed by atoms with Crippen LogP contribution in [0.15, 0.2) is 30.5 Å². The predicted molar refractivity (Wildman–Crippen MR) is 84.8 cm³/mol. The standard InChI is InChI=1S/C16H18N6/c1-13-5-6-15(19-14(13)12-17)21-8-3-9-22(11-10-21)16-4-2-7-18-20-16/h2,4-7H,3,8-11H2,1H3. The van der Waals surface area contributed by atoms with Crippen LogP contribution in [-0.4, -0.2) is 41.4 Å². The first kappa shape index (κ1) is 14.3. The van der Waals surface area contributed by atoms with Crippen molar-refractivity contribution in [2.75, 3.05) is 36.0 Å². The molecule has 0 atom stereocenters. The van der Waals surface area contributed by atoms with Crippen molar-refractivity contribution in [3.63, 3.8) is 0 Å². The Morgan fingerprint density at radius 2 is 1.82 bits per heavy atom. The Balaban J connectivity index is 1.74. The van der Waals surface area contributed by atoms with Crippen molar-refractivity contribution in [2.24, 2.45) is 0 Å².